The molecule has 0 aromatic heterocycles. The number of carbonyl (C=O) groups excluding carboxylic acids is 2. The lowest BCUT2D eigenvalue weighted by Gasteiger charge is -2.34. The predicted molar refractivity (Wildman–Crippen MR) is 105 cm³/mol. The summed E-state index contributed by atoms with van der Waals surface area (Å²) in [6, 6.07) is 10.3. The van der Waals surface area contributed by atoms with Crippen LogP contribution in [0.4, 0.5) is 0 Å². The van der Waals surface area contributed by atoms with Crippen molar-refractivity contribution in [1.29, 1.82) is 0 Å². The fourth-order valence-corrected chi connectivity index (χ4v) is 3.89. The molecule has 2 aliphatic rings. The molecule has 0 unspecified atom stereocenters. The number of hydrogen-bond acceptors (Lipinski definition) is 3. The van der Waals surface area contributed by atoms with Crippen LogP contribution in [0.1, 0.15) is 50.5 Å². The van der Waals surface area contributed by atoms with Crippen molar-refractivity contribution in [3.8, 4) is 0 Å². The molecule has 5 nitrogen and oxygen atoms in total. The van der Waals surface area contributed by atoms with Crippen LogP contribution in [0.15, 0.2) is 30.3 Å². The van der Waals surface area contributed by atoms with Crippen molar-refractivity contribution in [2.75, 3.05) is 13.1 Å². The van der Waals surface area contributed by atoms with Gasteiger partial charge in [-0.1, -0.05) is 43.2 Å². The number of nitrogens with one attached hydrogen (secondary N) is 1. The molecular weight excluding hydrogens is 350 g/mol. The first-order chi connectivity index (χ1) is 12.1. The highest BCUT2D eigenvalue weighted by atomic mass is 35.5. The summed E-state index contributed by atoms with van der Waals surface area (Å²) < 4.78 is 0. The van der Waals surface area contributed by atoms with Crippen LogP contribution in [0.5, 0.6) is 0 Å². The lowest BCUT2D eigenvalue weighted by Crippen LogP contribution is -2.56. The third kappa shape index (κ3) is 5.21. The molecule has 1 heterocycles. The van der Waals surface area contributed by atoms with E-state index in [9.17, 15) is 9.59 Å². The monoisotopic (exact) mass is 379 g/mol. The van der Waals surface area contributed by atoms with Crippen LogP contribution in [-0.2, 0) is 16.0 Å². The number of aryl methyl sites for hydroxylation is 1. The first-order valence-corrected chi connectivity index (χ1v) is 9.48. The van der Waals surface area contributed by atoms with Crippen molar-refractivity contribution in [2.45, 2.75) is 62.9 Å². The number of hydrogen-bond donors (Lipinski definition) is 2. The van der Waals surface area contributed by atoms with Gasteiger partial charge in [0.25, 0.3) is 0 Å². The number of nitrogens with two attached hydrogens (primary N) is 1. The van der Waals surface area contributed by atoms with Crippen molar-refractivity contribution in [1.82, 2.24) is 10.2 Å². The molecule has 144 valence electrons. The molecule has 1 aromatic rings. The number of rotatable bonds is 5. The van der Waals surface area contributed by atoms with Crippen LogP contribution < -0.4 is 11.1 Å². The molecule has 0 bridgehead atoms. The Kier molecular flexibility index (Phi) is 7.47. The first kappa shape index (κ1) is 20.7. The second kappa shape index (κ2) is 9.38. The third-order valence-electron chi connectivity index (χ3n) is 5.60. The molecule has 0 radical (unpaired) electrons. The van der Waals surface area contributed by atoms with Gasteiger partial charge in [0.15, 0.2) is 0 Å². The Morgan fingerprint density at radius 3 is 2.35 bits per heavy atom. The second-order valence-electron chi connectivity index (χ2n) is 7.48. The van der Waals surface area contributed by atoms with Crippen molar-refractivity contribution < 1.29 is 9.59 Å². The minimum Gasteiger partial charge on any atom is -0.352 e. The molecule has 3 N–H and O–H groups in total. The Morgan fingerprint density at radius 1 is 1.12 bits per heavy atom. The van der Waals surface area contributed by atoms with Gasteiger partial charge in [-0.25, -0.2) is 0 Å². The standard InChI is InChI=1S/C20H29N3O2.ClH/c21-20(12-4-5-13-20)19(25)22-17-10-14-23(15-11-17)18(24)9-8-16-6-2-1-3-7-16;/h1-3,6-7,17H,4-5,8-15,21H2,(H,22,25);1H. The highest BCUT2D eigenvalue weighted by molar-refractivity contribution is 5.86. The zero-order chi connectivity index (χ0) is 17.7. The topological polar surface area (TPSA) is 75.4 Å². The molecule has 1 saturated carbocycles. The fraction of sp³-hybridized carbons (Fsp3) is 0.600. The maximum absolute atomic E-state index is 12.4. The number of nitrogens with zero attached hydrogens (tertiary/aromatic N) is 1. The molecule has 1 aliphatic carbocycles. The van der Waals surface area contributed by atoms with Gasteiger partial charge >= 0.3 is 0 Å². The van der Waals surface area contributed by atoms with Crippen LogP contribution in [0, 0.1) is 0 Å². The van der Waals surface area contributed by atoms with Crippen molar-refractivity contribution in [3.05, 3.63) is 35.9 Å². The molecule has 1 aliphatic heterocycles. The maximum Gasteiger partial charge on any atom is 0.240 e. The van der Waals surface area contributed by atoms with E-state index in [1.165, 1.54) is 5.56 Å². The van der Waals surface area contributed by atoms with Crippen LogP contribution in [0.2, 0.25) is 0 Å². The SMILES string of the molecule is Cl.NC1(C(=O)NC2CCN(C(=O)CCc3ccccc3)CC2)CCCC1. The Balaban J connectivity index is 0.00000243. The minimum atomic E-state index is -0.664. The minimum absolute atomic E-state index is 0. The summed E-state index contributed by atoms with van der Waals surface area (Å²) in [5.41, 5.74) is 6.75. The number of benzene rings is 1. The van der Waals surface area contributed by atoms with Crippen molar-refractivity contribution in [2.24, 2.45) is 5.73 Å². The van der Waals surface area contributed by atoms with E-state index in [0.717, 1.165) is 58.0 Å². The normalized spacial score (nSPS) is 19.7. The Bertz CT molecular complexity index is 594. The van der Waals surface area contributed by atoms with Gasteiger partial charge in [-0.2, -0.15) is 0 Å². The molecule has 0 spiro atoms. The number of carbonyl (C=O) groups is 2. The lowest BCUT2D eigenvalue weighted by atomic mass is 9.96. The van der Waals surface area contributed by atoms with Gasteiger partial charge in [-0.3, -0.25) is 9.59 Å². The van der Waals surface area contributed by atoms with E-state index in [4.69, 9.17) is 5.73 Å². The molecule has 1 aromatic carbocycles. The van der Waals surface area contributed by atoms with Gasteiger partial charge in [0.1, 0.15) is 0 Å². The highest BCUT2D eigenvalue weighted by Gasteiger charge is 2.38. The summed E-state index contributed by atoms with van der Waals surface area (Å²) in [5, 5.41) is 3.12. The van der Waals surface area contributed by atoms with Crippen LogP contribution in [0.25, 0.3) is 0 Å². The van der Waals surface area contributed by atoms with Crippen LogP contribution in [-0.4, -0.2) is 41.4 Å². The van der Waals surface area contributed by atoms with E-state index in [0.29, 0.717) is 6.42 Å². The average Bonchev–Trinajstić information content (AvgIpc) is 3.09. The van der Waals surface area contributed by atoms with Gasteiger partial charge in [0, 0.05) is 25.6 Å². The number of piperidine rings is 1. The van der Waals surface area contributed by atoms with Gasteiger partial charge in [0.2, 0.25) is 11.8 Å². The van der Waals surface area contributed by atoms with Gasteiger partial charge in [-0.05, 0) is 37.7 Å². The van der Waals surface area contributed by atoms with Crippen LogP contribution >= 0.6 is 12.4 Å². The van der Waals surface area contributed by atoms with E-state index < -0.39 is 5.54 Å². The summed E-state index contributed by atoms with van der Waals surface area (Å²) in [4.78, 5) is 26.7. The Labute approximate surface area is 162 Å². The maximum atomic E-state index is 12.4. The molecule has 2 amide bonds. The van der Waals surface area contributed by atoms with Gasteiger partial charge in [0.05, 0.1) is 5.54 Å². The van der Waals surface area contributed by atoms with E-state index >= 15 is 0 Å². The van der Waals surface area contributed by atoms with Crippen molar-refractivity contribution in [3.63, 3.8) is 0 Å². The predicted octanol–water partition coefficient (Wildman–Crippen LogP) is 2.42. The summed E-state index contributed by atoms with van der Waals surface area (Å²) in [6.07, 6.45) is 6.62. The molecule has 2 fully saturated rings. The number of halogens is 1. The number of amides is 2. The number of likely N-dealkylation sites (tertiary alicyclic amines) is 1. The van der Waals surface area contributed by atoms with E-state index in [-0.39, 0.29) is 30.3 Å². The summed E-state index contributed by atoms with van der Waals surface area (Å²) in [7, 11) is 0. The third-order valence-corrected chi connectivity index (χ3v) is 5.60. The Morgan fingerprint density at radius 2 is 1.73 bits per heavy atom. The first-order valence-electron chi connectivity index (χ1n) is 9.48. The summed E-state index contributed by atoms with van der Waals surface area (Å²) in [5.74, 6) is 0.207. The lowest BCUT2D eigenvalue weighted by molar-refractivity contribution is -0.132. The highest BCUT2D eigenvalue weighted by Crippen LogP contribution is 2.27. The summed E-state index contributed by atoms with van der Waals surface area (Å²) >= 11 is 0. The molecular formula is C20H30ClN3O2. The van der Waals surface area contributed by atoms with Gasteiger partial charge in [-0.15, -0.1) is 12.4 Å². The van der Waals surface area contributed by atoms with E-state index in [1.54, 1.807) is 0 Å². The zero-order valence-corrected chi connectivity index (χ0v) is 16.1. The fourth-order valence-electron chi connectivity index (χ4n) is 3.89. The smallest absolute Gasteiger partial charge is 0.240 e. The summed E-state index contributed by atoms with van der Waals surface area (Å²) in [6.45, 7) is 1.44. The largest absolute Gasteiger partial charge is 0.352 e. The quantitative estimate of drug-likeness (QED) is 0.824. The van der Waals surface area contributed by atoms with E-state index in [2.05, 4.69) is 17.4 Å². The molecule has 1 saturated heterocycles. The molecule has 0 atom stereocenters. The Hall–Kier alpha value is -1.59. The van der Waals surface area contributed by atoms with Crippen molar-refractivity contribution >= 4 is 24.2 Å². The average molecular weight is 380 g/mol. The second-order valence-corrected chi connectivity index (χ2v) is 7.48. The molecule has 3 rings (SSSR count). The molecule has 26 heavy (non-hydrogen) atoms. The van der Waals surface area contributed by atoms with E-state index in [1.807, 2.05) is 23.1 Å². The zero-order valence-electron chi connectivity index (χ0n) is 15.3. The molecule has 6 heteroatoms. The van der Waals surface area contributed by atoms with Gasteiger partial charge < -0.3 is 16.0 Å². The van der Waals surface area contributed by atoms with Crippen LogP contribution in [0.3, 0.4) is 0 Å².